The fraction of sp³-hybridized carbons (Fsp3) is 0.211. The lowest BCUT2D eigenvalue weighted by atomic mass is 10.1. The van der Waals surface area contributed by atoms with Crippen molar-refractivity contribution in [3.8, 4) is 0 Å². The molecule has 1 N–H and O–H groups in total. The summed E-state index contributed by atoms with van der Waals surface area (Å²) >= 11 is 2.62. The Bertz CT molecular complexity index is 1070. The SMILES string of the molecule is Cc1ccc2c(c1)N(Cc1nc3ccc(F)cc3s1)C(=O)C(CC(=O)O)S2. The van der Waals surface area contributed by atoms with E-state index in [0.29, 0.717) is 10.5 Å². The number of hydrogen-bond donors (Lipinski definition) is 1. The van der Waals surface area contributed by atoms with Crippen LogP contribution in [0, 0.1) is 12.7 Å². The number of aliphatic carboxylic acids is 1. The van der Waals surface area contributed by atoms with Crippen molar-refractivity contribution in [1.29, 1.82) is 0 Å². The van der Waals surface area contributed by atoms with Crippen molar-refractivity contribution in [2.45, 2.75) is 30.0 Å². The van der Waals surface area contributed by atoms with E-state index in [2.05, 4.69) is 4.98 Å². The van der Waals surface area contributed by atoms with Crippen LogP contribution in [0.5, 0.6) is 0 Å². The Morgan fingerprint density at radius 2 is 2.11 bits per heavy atom. The number of benzene rings is 2. The number of rotatable bonds is 4. The van der Waals surface area contributed by atoms with Gasteiger partial charge in [0.25, 0.3) is 0 Å². The predicted molar refractivity (Wildman–Crippen MR) is 104 cm³/mol. The molecule has 5 nitrogen and oxygen atoms in total. The zero-order chi connectivity index (χ0) is 19.1. The number of aromatic nitrogens is 1. The van der Waals surface area contributed by atoms with Gasteiger partial charge in [0.05, 0.1) is 34.1 Å². The summed E-state index contributed by atoms with van der Waals surface area (Å²) < 4.78 is 14.2. The van der Waals surface area contributed by atoms with Crippen molar-refractivity contribution in [2.24, 2.45) is 0 Å². The maximum absolute atomic E-state index is 13.4. The van der Waals surface area contributed by atoms with Crippen LogP contribution >= 0.6 is 23.1 Å². The van der Waals surface area contributed by atoms with Crippen molar-refractivity contribution in [3.63, 3.8) is 0 Å². The summed E-state index contributed by atoms with van der Waals surface area (Å²) in [7, 11) is 0. The Morgan fingerprint density at radius 3 is 2.89 bits per heavy atom. The zero-order valence-corrected chi connectivity index (χ0v) is 15.9. The first-order valence-corrected chi connectivity index (χ1v) is 9.96. The lowest BCUT2D eigenvalue weighted by molar-refractivity contribution is -0.138. The molecule has 0 fully saturated rings. The van der Waals surface area contributed by atoms with E-state index < -0.39 is 11.2 Å². The normalized spacial score (nSPS) is 16.6. The Balaban J connectivity index is 1.72. The molecule has 0 aliphatic carbocycles. The van der Waals surface area contributed by atoms with Crippen LogP contribution in [0.1, 0.15) is 17.0 Å². The molecule has 2 heterocycles. The first kappa shape index (κ1) is 17.9. The van der Waals surface area contributed by atoms with E-state index in [9.17, 15) is 14.0 Å². The van der Waals surface area contributed by atoms with Crippen molar-refractivity contribution in [1.82, 2.24) is 4.98 Å². The number of carbonyl (C=O) groups is 2. The van der Waals surface area contributed by atoms with Gasteiger partial charge in [-0.2, -0.15) is 0 Å². The Labute approximate surface area is 162 Å². The summed E-state index contributed by atoms with van der Waals surface area (Å²) in [5.41, 5.74) is 2.45. The second kappa shape index (κ2) is 6.94. The molecule has 0 bridgehead atoms. The average Bonchev–Trinajstić information content (AvgIpc) is 3.00. The highest BCUT2D eigenvalue weighted by molar-refractivity contribution is 8.01. The number of carboxylic acid groups (broad SMARTS) is 1. The van der Waals surface area contributed by atoms with Gasteiger partial charge in [0, 0.05) is 4.90 Å². The number of halogens is 1. The van der Waals surface area contributed by atoms with E-state index in [-0.39, 0.29) is 24.7 Å². The number of carbonyl (C=O) groups excluding carboxylic acids is 1. The number of hydrogen-bond acceptors (Lipinski definition) is 5. The summed E-state index contributed by atoms with van der Waals surface area (Å²) in [4.78, 5) is 31.1. The lowest BCUT2D eigenvalue weighted by Crippen LogP contribution is -2.41. The second-order valence-corrected chi connectivity index (χ2v) is 8.68. The highest BCUT2D eigenvalue weighted by Crippen LogP contribution is 2.42. The molecular formula is C19H15FN2O3S2. The van der Waals surface area contributed by atoms with Crippen molar-refractivity contribution in [3.05, 3.63) is 52.8 Å². The molecule has 1 atom stereocenters. The third-order valence-electron chi connectivity index (χ3n) is 4.26. The monoisotopic (exact) mass is 402 g/mol. The van der Waals surface area contributed by atoms with Crippen molar-refractivity contribution in [2.75, 3.05) is 4.90 Å². The largest absolute Gasteiger partial charge is 0.481 e. The van der Waals surface area contributed by atoms with Crippen LogP contribution in [0.3, 0.4) is 0 Å². The molecule has 0 spiro atoms. The van der Waals surface area contributed by atoms with E-state index in [1.54, 1.807) is 11.0 Å². The smallest absolute Gasteiger partial charge is 0.305 e. The minimum absolute atomic E-state index is 0.229. The van der Waals surface area contributed by atoms with Gasteiger partial charge in [-0.05, 0) is 42.8 Å². The molecule has 1 aromatic heterocycles. The van der Waals surface area contributed by atoms with Gasteiger partial charge in [-0.1, -0.05) is 6.07 Å². The van der Waals surface area contributed by atoms with Crippen LogP contribution in [-0.4, -0.2) is 27.2 Å². The Kier molecular flexibility index (Phi) is 4.61. The molecule has 27 heavy (non-hydrogen) atoms. The molecule has 1 unspecified atom stereocenters. The molecule has 4 rings (SSSR count). The number of thiazole rings is 1. The highest BCUT2D eigenvalue weighted by atomic mass is 32.2. The lowest BCUT2D eigenvalue weighted by Gasteiger charge is -2.33. The van der Waals surface area contributed by atoms with E-state index in [4.69, 9.17) is 5.11 Å². The number of anilines is 1. The van der Waals surface area contributed by atoms with Gasteiger partial charge >= 0.3 is 5.97 Å². The topological polar surface area (TPSA) is 70.5 Å². The summed E-state index contributed by atoms with van der Waals surface area (Å²) in [6.45, 7) is 2.17. The minimum atomic E-state index is -1.01. The third kappa shape index (κ3) is 3.54. The van der Waals surface area contributed by atoms with Crippen LogP contribution in [0.25, 0.3) is 10.2 Å². The zero-order valence-electron chi connectivity index (χ0n) is 14.3. The fourth-order valence-electron chi connectivity index (χ4n) is 3.03. The van der Waals surface area contributed by atoms with Gasteiger partial charge in [-0.15, -0.1) is 23.1 Å². The molecular weight excluding hydrogens is 387 g/mol. The molecule has 1 aliphatic rings. The number of carboxylic acids is 1. The van der Waals surface area contributed by atoms with Gasteiger partial charge in [0.2, 0.25) is 5.91 Å². The minimum Gasteiger partial charge on any atom is -0.481 e. The van der Waals surface area contributed by atoms with Crippen LogP contribution in [0.2, 0.25) is 0 Å². The molecule has 2 aromatic carbocycles. The maximum atomic E-state index is 13.4. The van der Waals surface area contributed by atoms with Crippen LogP contribution in [0.4, 0.5) is 10.1 Å². The van der Waals surface area contributed by atoms with Crippen molar-refractivity contribution >= 4 is 50.9 Å². The molecule has 0 saturated carbocycles. The number of thioether (sulfide) groups is 1. The quantitative estimate of drug-likeness (QED) is 0.707. The highest BCUT2D eigenvalue weighted by Gasteiger charge is 2.35. The van der Waals surface area contributed by atoms with E-state index in [1.165, 1.54) is 35.2 Å². The third-order valence-corrected chi connectivity index (χ3v) is 6.52. The number of aryl methyl sites for hydroxylation is 1. The molecule has 0 saturated heterocycles. The van der Waals surface area contributed by atoms with E-state index in [0.717, 1.165) is 20.8 Å². The number of nitrogens with zero attached hydrogens (tertiary/aromatic N) is 2. The van der Waals surface area contributed by atoms with Gasteiger partial charge in [-0.3, -0.25) is 9.59 Å². The first-order valence-electron chi connectivity index (χ1n) is 8.26. The van der Waals surface area contributed by atoms with Gasteiger partial charge in [0.1, 0.15) is 10.8 Å². The molecule has 1 amide bonds. The second-order valence-electron chi connectivity index (χ2n) is 6.32. The Morgan fingerprint density at radius 1 is 1.30 bits per heavy atom. The van der Waals surface area contributed by atoms with Gasteiger partial charge in [0.15, 0.2) is 0 Å². The number of fused-ring (bicyclic) bond motifs is 2. The van der Waals surface area contributed by atoms with Gasteiger partial charge < -0.3 is 10.0 Å². The first-order chi connectivity index (χ1) is 12.9. The van der Waals surface area contributed by atoms with E-state index in [1.807, 2.05) is 25.1 Å². The van der Waals surface area contributed by atoms with Gasteiger partial charge in [-0.25, -0.2) is 9.37 Å². The summed E-state index contributed by atoms with van der Waals surface area (Å²) in [6, 6.07) is 10.2. The van der Waals surface area contributed by atoms with Crippen molar-refractivity contribution < 1.29 is 19.1 Å². The maximum Gasteiger partial charge on any atom is 0.305 e. The molecule has 0 radical (unpaired) electrons. The number of amides is 1. The van der Waals surface area contributed by atoms with Crippen LogP contribution in [0.15, 0.2) is 41.3 Å². The van der Waals surface area contributed by atoms with E-state index >= 15 is 0 Å². The fourth-order valence-corrected chi connectivity index (χ4v) is 5.21. The molecule has 3 aromatic rings. The average molecular weight is 402 g/mol. The molecule has 138 valence electrons. The Hall–Kier alpha value is -2.45. The standard InChI is InChI=1S/C19H15FN2O3S2/c1-10-2-5-14-13(6-10)22(19(25)16(26-14)8-18(23)24)9-17-21-12-4-3-11(20)7-15(12)27-17/h2-7,16H,8-9H2,1H3,(H,23,24). The summed E-state index contributed by atoms with van der Waals surface area (Å²) in [5.74, 6) is -1.58. The van der Waals surface area contributed by atoms with Crippen LogP contribution in [-0.2, 0) is 16.1 Å². The molecule has 8 heteroatoms. The summed E-state index contributed by atoms with van der Waals surface area (Å²) in [5, 5.41) is 9.14. The van der Waals surface area contributed by atoms with Crippen LogP contribution < -0.4 is 4.90 Å². The summed E-state index contributed by atoms with van der Waals surface area (Å²) in [6.07, 6.45) is -0.238. The molecule has 1 aliphatic heterocycles. The predicted octanol–water partition coefficient (Wildman–Crippen LogP) is 4.23.